The van der Waals surface area contributed by atoms with E-state index in [0.29, 0.717) is 18.1 Å². The van der Waals surface area contributed by atoms with E-state index in [2.05, 4.69) is 4.98 Å². The Hall–Kier alpha value is -1.52. The van der Waals surface area contributed by atoms with E-state index in [1.165, 1.54) is 0 Å². The van der Waals surface area contributed by atoms with Crippen LogP contribution in [0, 0.1) is 6.92 Å². The number of rotatable bonds is 4. The summed E-state index contributed by atoms with van der Waals surface area (Å²) in [6.45, 7) is 2.99. The molecule has 2 heterocycles. The summed E-state index contributed by atoms with van der Waals surface area (Å²) in [7, 11) is 1.95. The summed E-state index contributed by atoms with van der Waals surface area (Å²) >= 11 is 5.99. The highest BCUT2D eigenvalue weighted by atomic mass is 35.5. The fraction of sp³-hybridized carbons (Fsp3) is 0.308. The molecule has 0 aliphatic heterocycles. The number of aryl methyl sites for hydroxylation is 1. The molecule has 0 saturated carbocycles. The van der Waals surface area contributed by atoms with Crippen LogP contribution >= 0.6 is 11.6 Å². The lowest BCUT2D eigenvalue weighted by Crippen LogP contribution is -2.17. The van der Waals surface area contributed by atoms with Gasteiger partial charge in [-0.2, -0.15) is 0 Å². The number of aromatic nitrogens is 1. The first kappa shape index (κ1) is 12.9. The quantitative estimate of drug-likeness (QED) is 0.924. The highest BCUT2D eigenvalue weighted by Crippen LogP contribution is 2.20. The van der Waals surface area contributed by atoms with E-state index in [-0.39, 0.29) is 0 Å². The van der Waals surface area contributed by atoms with E-state index < -0.39 is 0 Å². The summed E-state index contributed by atoms with van der Waals surface area (Å²) in [5.74, 6) is 2.64. The van der Waals surface area contributed by atoms with Crippen molar-refractivity contribution < 1.29 is 4.42 Å². The van der Waals surface area contributed by atoms with Gasteiger partial charge in [-0.05, 0) is 30.7 Å². The van der Waals surface area contributed by atoms with Gasteiger partial charge in [-0.15, -0.1) is 0 Å². The second-order valence-electron chi connectivity index (χ2n) is 4.21. The van der Waals surface area contributed by atoms with Crippen molar-refractivity contribution in [1.29, 1.82) is 0 Å². The van der Waals surface area contributed by atoms with Crippen molar-refractivity contribution in [3.05, 3.63) is 46.5 Å². The summed E-state index contributed by atoms with van der Waals surface area (Å²) in [4.78, 5) is 6.28. The Morgan fingerprint density at radius 2 is 2.22 bits per heavy atom. The zero-order chi connectivity index (χ0) is 13.1. The molecule has 2 aromatic heterocycles. The van der Waals surface area contributed by atoms with Gasteiger partial charge in [0.2, 0.25) is 0 Å². The van der Waals surface area contributed by atoms with Crippen LogP contribution < -0.4 is 10.6 Å². The summed E-state index contributed by atoms with van der Waals surface area (Å²) in [6.07, 6.45) is 1.63. The van der Waals surface area contributed by atoms with Crippen LogP contribution in [0.4, 0.5) is 5.82 Å². The highest BCUT2D eigenvalue weighted by molar-refractivity contribution is 6.31. The van der Waals surface area contributed by atoms with Crippen LogP contribution in [-0.2, 0) is 13.1 Å². The average molecular weight is 266 g/mol. The first-order valence-corrected chi connectivity index (χ1v) is 6.09. The van der Waals surface area contributed by atoms with E-state index in [4.69, 9.17) is 21.8 Å². The van der Waals surface area contributed by atoms with Gasteiger partial charge in [0.15, 0.2) is 0 Å². The van der Waals surface area contributed by atoms with Crippen molar-refractivity contribution in [2.75, 3.05) is 11.9 Å². The van der Waals surface area contributed by atoms with Gasteiger partial charge in [-0.25, -0.2) is 4.98 Å². The second-order valence-corrected chi connectivity index (χ2v) is 4.61. The van der Waals surface area contributed by atoms with Crippen LogP contribution in [0.1, 0.15) is 17.1 Å². The summed E-state index contributed by atoms with van der Waals surface area (Å²) < 4.78 is 5.54. The highest BCUT2D eigenvalue weighted by Gasteiger charge is 2.08. The number of furan rings is 1. The maximum absolute atomic E-state index is 5.99. The number of nitrogens with two attached hydrogens (primary N) is 1. The van der Waals surface area contributed by atoms with Crippen molar-refractivity contribution in [3.8, 4) is 0 Å². The number of hydrogen-bond donors (Lipinski definition) is 1. The predicted molar refractivity (Wildman–Crippen MR) is 72.7 cm³/mol. The third kappa shape index (κ3) is 2.83. The topological polar surface area (TPSA) is 55.3 Å². The van der Waals surface area contributed by atoms with Gasteiger partial charge >= 0.3 is 0 Å². The smallest absolute Gasteiger partial charge is 0.129 e. The molecule has 0 aromatic carbocycles. The molecule has 96 valence electrons. The molecular weight excluding hydrogens is 250 g/mol. The lowest BCUT2D eigenvalue weighted by Gasteiger charge is -2.17. The minimum atomic E-state index is 0.405. The van der Waals surface area contributed by atoms with E-state index in [1.807, 2.05) is 37.1 Å². The number of anilines is 1. The summed E-state index contributed by atoms with van der Waals surface area (Å²) in [5, 5.41) is 0.600. The van der Waals surface area contributed by atoms with Crippen molar-refractivity contribution in [2.45, 2.75) is 20.0 Å². The van der Waals surface area contributed by atoms with Crippen molar-refractivity contribution in [1.82, 2.24) is 4.98 Å². The molecule has 0 saturated heterocycles. The second kappa shape index (κ2) is 5.42. The molecule has 2 rings (SSSR count). The van der Waals surface area contributed by atoms with Crippen molar-refractivity contribution >= 4 is 17.4 Å². The third-order valence-electron chi connectivity index (χ3n) is 2.72. The van der Waals surface area contributed by atoms with Gasteiger partial charge in [-0.1, -0.05) is 11.6 Å². The fourth-order valence-electron chi connectivity index (χ4n) is 1.72. The SMILES string of the molecule is Cc1ccc(CN(C)c2cc(CN)c(Cl)cn2)o1. The van der Waals surface area contributed by atoms with Crippen molar-refractivity contribution in [3.63, 3.8) is 0 Å². The summed E-state index contributed by atoms with van der Waals surface area (Å²) in [5.41, 5.74) is 6.52. The van der Waals surface area contributed by atoms with Crippen LogP contribution in [0.3, 0.4) is 0 Å². The Kier molecular flexibility index (Phi) is 3.89. The lowest BCUT2D eigenvalue weighted by molar-refractivity contribution is 0.481. The van der Waals surface area contributed by atoms with Gasteiger partial charge in [-0.3, -0.25) is 0 Å². The van der Waals surface area contributed by atoms with Crippen LogP contribution in [-0.4, -0.2) is 12.0 Å². The largest absolute Gasteiger partial charge is 0.464 e. The zero-order valence-corrected chi connectivity index (χ0v) is 11.2. The molecule has 5 heteroatoms. The van der Waals surface area contributed by atoms with E-state index >= 15 is 0 Å². The van der Waals surface area contributed by atoms with Gasteiger partial charge in [0.25, 0.3) is 0 Å². The maximum atomic E-state index is 5.99. The molecule has 0 unspecified atom stereocenters. The third-order valence-corrected chi connectivity index (χ3v) is 3.06. The van der Waals surface area contributed by atoms with E-state index in [0.717, 1.165) is 22.9 Å². The maximum Gasteiger partial charge on any atom is 0.129 e. The average Bonchev–Trinajstić information content (AvgIpc) is 2.75. The Balaban J connectivity index is 2.15. The minimum Gasteiger partial charge on any atom is -0.464 e. The van der Waals surface area contributed by atoms with Crippen LogP contribution in [0.25, 0.3) is 0 Å². The normalized spacial score (nSPS) is 10.7. The molecule has 0 spiro atoms. The van der Waals surface area contributed by atoms with E-state index in [1.54, 1.807) is 6.20 Å². The predicted octanol–water partition coefficient (Wildman–Crippen LogP) is 2.73. The molecule has 0 atom stereocenters. The molecule has 0 bridgehead atoms. The van der Waals surface area contributed by atoms with Gasteiger partial charge in [0.1, 0.15) is 17.3 Å². The molecule has 0 aliphatic carbocycles. The van der Waals surface area contributed by atoms with Crippen LogP contribution in [0.5, 0.6) is 0 Å². The van der Waals surface area contributed by atoms with E-state index in [9.17, 15) is 0 Å². The number of pyridine rings is 1. The zero-order valence-electron chi connectivity index (χ0n) is 10.5. The Morgan fingerprint density at radius 1 is 1.44 bits per heavy atom. The molecule has 18 heavy (non-hydrogen) atoms. The molecule has 4 nitrogen and oxygen atoms in total. The van der Waals surface area contributed by atoms with Crippen LogP contribution in [0.15, 0.2) is 28.8 Å². The fourth-order valence-corrected chi connectivity index (χ4v) is 1.90. The Labute approximate surface area is 111 Å². The molecule has 2 N–H and O–H groups in total. The summed E-state index contributed by atoms with van der Waals surface area (Å²) in [6, 6.07) is 5.81. The Morgan fingerprint density at radius 3 is 2.83 bits per heavy atom. The number of nitrogens with zero attached hydrogens (tertiary/aromatic N) is 2. The molecule has 2 aromatic rings. The van der Waals surface area contributed by atoms with Crippen LogP contribution in [0.2, 0.25) is 5.02 Å². The Bertz CT molecular complexity index is 539. The van der Waals surface area contributed by atoms with Gasteiger partial charge < -0.3 is 15.1 Å². The first-order chi connectivity index (χ1) is 8.60. The molecule has 0 amide bonds. The molecule has 0 radical (unpaired) electrons. The lowest BCUT2D eigenvalue weighted by atomic mass is 10.2. The molecule has 0 aliphatic rings. The minimum absolute atomic E-state index is 0.405. The van der Waals surface area contributed by atoms with Gasteiger partial charge in [0.05, 0.1) is 11.6 Å². The monoisotopic (exact) mass is 265 g/mol. The van der Waals surface area contributed by atoms with Crippen molar-refractivity contribution in [2.24, 2.45) is 5.73 Å². The standard InChI is InChI=1S/C13H16ClN3O/c1-9-3-4-11(18-9)8-17(2)13-5-10(6-15)12(14)7-16-13/h3-5,7H,6,8,15H2,1-2H3. The number of halogens is 1. The molecular formula is C13H16ClN3O. The molecule has 0 fully saturated rings. The number of hydrogen-bond acceptors (Lipinski definition) is 4. The van der Waals surface area contributed by atoms with Gasteiger partial charge in [0, 0.05) is 19.8 Å². The first-order valence-electron chi connectivity index (χ1n) is 5.71.